The lowest BCUT2D eigenvalue weighted by Gasteiger charge is -2.07. The number of amides is 1. The fourth-order valence-corrected chi connectivity index (χ4v) is 2.54. The predicted octanol–water partition coefficient (Wildman–Crippen LogP) is 4.37. The highest BCUT2D eigenvalue weighted by Gasteiger charge is 2.09. The standard InChI is InChI=1S/C19H18BrF2NO3/c20-15-5-3-14(4-6-15)17(24)9-10-18(25)23-12-11-13-1-7-16(8-2-13)26-19(21)22/h1-8,19H,9-12H2,(H,23,25). The van der Waals surface area contributed by atoms with Crippen LogP contribution in [-0.4, -0.2) is 24.8 Å². The fraction of sp³-hybridized carbons (Fsp3) is 0.263. The van der Waals surface area contributed by atoms with E-state index in [-0.39, 0.29) is 30.3 Å². The molecule has 7 heteroatoms. The summed E-state index contributed by atoms with van der Waals surface area (Å²) < 4.78 is 29.3. The smallest absolute Gasteiger partial charge is 0.387 e. The maximum Gasteiger partial charge on any atom is 0.387 e. The lowest BCUT2D eigenvalue weighted by atomic mass is 10.1. The molecule has 0 saturated carbocycles. The lowest BCUT2D eigenvalue weighted by Crippen LogP contribution is -2.26. The summed E-state index contributed by atoms with van der Waals surface area (Å²) in [6.07, 6.45) is 0.824. The number of hydrogen-bond donors (Lipinski definition) is 1. The predicted molar refractivity (Wildman–Crippen MR) is 97.5 cm³/mol. The number of rotatable bonds is 9. The Bertz CT molecular complexity index is 733. The van der Waals surface area contributed by atoms with E-state index in [1.54, 1.807) is 36.4 Å². The van der Waals surface area contributed by atoms with Crippen molar-refractivity contribution < 1.29 is 23.1 Å². The number of halogens is 3. The molecule has 0 aliphatic rings. The molecule has 0 aliphatic carbocycles. The summed E-state index contributed by atoms with van der Waals surface area (Å²) in [4.78, 5) is 23.8. The van der Waals surface area contributed by atoms with Crippen molar-refractivity contribution in [3.05, 3.63) is 64.1 Å². The van der Waals surface area contributed by atoms with E-state index < -0.39 is 6.61 Å². The molecule has 4 nitrogen and oxygen atoms in total. The Morgan fingerprint density at radius 2 is 1.65 bits per heavy atom. The topological polar surface area (TPSA) is 55.4 Å². The molecule has 138 valence electrons. The zero-order chi connectivity index (χ0) is 18.9. The van der Waals surface area contributed by atoms with Crippen LogP contribution in [0.25, 0.3) is 0 Å². The first-order chi connectivity index (χ1) is 12.4. The van der Waals surface area contributed by atoms with Gasteiger partial charge in [-0.05, 0) is 36.2 Å². The summed E-state index contributed by atoms with van der Waals surface area (Å²) in [7, 11) is 0. The maximum absolute atomic E-state index is 12.1. The average molecular weight is 426 g/mol. The molecule has 2 aromatic rings. The Balaban J connectivity index is 1.68. The van der Waals surface area contributed by atoms with Crippen LogP contribution >= 0.6 is 15.9 Å². The zero-order valence-corrected chi connectivity index (χ0v) is 15.5. The van der Waals surface area contributed by atoms with Crippen LogP contribution in [0.3, 0.4) is 0 Å². The van der Waals surface area contributed by atoms with Gasteiger partial charge in [0, 0.05) is 29.4 Å². The number of ketones is 1. The molecule has 1 amide bonds. The molecule has 2 aromatic carbocycles. The van der Waals surface area contributed by atoms with Crippen molar-refractivity contribution in [2.75, 3.05) is 6.54 Å². The number of carbonyl (C=O) groups is 2. The maximum atomic E-state index is 12.1. The number of ether oxygens (including phenoxy) is 1. The van der Waals surface area contributed by atoms with Gasteiger partial charge in [-0.25, -0.2) is 0 Å². The van der Waals surface area contributed by atoms with E-state index in [1.807, 2.05) is 0 Å². The molecule has 0 heterocycles. The van der Waals surface area contributed by atoms with Crippen LogP contribution in [-0.2, 0) is 11.2 Å². The van der Waals surface area contributed by atoms with Crippen molar-refractivity contribution >= 4 is 27.6 Å². The molecule has 0 atom stereocenters. The Morgan fingerprint density at radius 3 is 2.27 bits per heavy atom. The molecule has 0 aromatic heterocycles. The van der Waals surface area contributed by atoms with Crippen LogP contribution < -0.4 is 10.1 Å². The highest BCUT2D eigenvalue weighted by Crippen LogP contribution is 2.15. The van der Waals surface area contributed by atoms with Gasteiger partial charge in [0.05, 0.1) is 0 Å². The van der Waals surface area contributed by atoms with Crippen LogP contribution in [0.5, 0.6) is 5.75 Å². The van der Waals surface area contributed by atoms with Crippen molar-refractivity contribution in [2.45, 2.75) is 25.9 Å². The van der Waals surface area contributed by atoms with Crippen molar-refractivity contribution in [3.8, 4) is 5.75 Å². The summed E-state index contributed by atoms with van der Waals surface area (Å²) in [6.45, 7) is -2.44. The number of nitrogens with one attached hydrogen (secondary N) is 1. The third kappa shape index (κ3) is 6.92. The molecule has 1 N–H and O–H groups in total. The van der Waals surface area contributed by atoms with Gasteiger partial charge in [0.1, 0.15) is 5.75 Å². The van der Waals surface area contributed by atoms with E-state index in [2.05, 4.69) is 26.0 Å². The second-order valence-electron chi connectivity index (χ2n) is 5.55. The number of Topliss-reactive ketones (excluding diaryl/α,β-unsaturated/α-hetero) is 1. The number of hydrogen-bond acceptors (Lipinski definition) is 3. The minimum absolute atomic E-state index is 0.0812. The Labute approximate surface area is 158 Å². The minimum atomic E-state index is -2.85. The fourth-order valence-electron chi connectivity index (χ4n) is 2.28. The van der Waals surface area contributed by atoms with Gasteiger partial charge in [-0.2, -0.15) is 8.78 Å². The average Bonchev–Trinajstić information content (AvgIpc) is 2.61. The van der Waals surface area contributed by atoms with Crippen LogP contribution in [0.4, 0.5) is 8.78 Å². The molecule has 0 radical (unpaired) electrons. The van der Waals surface area contributed by atoms with Crippen molar-refractivity contribution in [2.24, 2.45) is 0 Å². The van der Waals surface area contributed by atoms with Crippen molar-refractivity contribution in [1.82, 2.24) is 5.32 Å². The molecule has 0 bridgehead atoms. The van der Waals surface area contributed by atoms with Gasteiger partial charge in [0.25, 0.3) is 0 Å². The van der Waals surface area contributed by atoms with E-state index in [9.17, 15) is 18.4 Å². The van der Waals surface area contributed by atoms with Crippen LogP contribution in [0.15, 0.2) is 53.0 Å². The summed E-state index contributed by atoms with van der Waals surface area (Å²) in [6, 6.07) is 13.2. The highest BCUT2D eigenvalue weighted by molar-refractivity contribution is 9.10. The van der Waals surface area contributed by atoms with Gasteiger partial charge in [-0.3, -0.25) is 9.59 Å². The Kier molecular flexibility index (Phi) is 7.72. The first-order valence-electron chi connectivity index (χ1n) is 8.03. The van der Waals surface area contributed by atoms with Gasteiger partial charge < -0.3 is 10.1 Å². The van der Waals surface area contributed by atoms with E-state index >= 15 is 0 Å². The largest absolute Gasteiger partial charge is 0.435 e. The quantitative estimate of drug-likeness (QED) is 0.606. The van der Waals surface area contributed by atoms with Crippen LogP contribution in [0.2, 0.25) is 0 Å². The molecule has 0 aliphatic heterocycles. The molecule has 26 heavy (non-hydrogen) atoms. The van der Waals surface area contributed by atoms with Gasteiger partial charge in [0.15, 0.2) is 5.78 Å². The van der Waals surface area contributed by atoms with Crippen LogP contribution in [0, 0.1) is 0 Å². The molecule has 0 fully saturated rings. The number of carbonyl (C=O) groups excluding carboxylic acids is 2. The Morgan fingerprint density at radius 1 is 1.00 bits per heavy atom. The first kappa shape index (κ1) is 20.0. The van der Waals surface area contributed by atoms with E-state index in [4.69, 9.17) is 0 Å². The number of alkyl halides is 2. The minimum Gasteiger partial charge on any atom is -0.435 e. The highest BCUT2D eigenvalue weighted by atomic mass is 79.9. The van der Waals surface area contributed by atoms with Gasteiger partial charge in [-0.15, -0.1) is 0 Å². The molecular formula is C19H18BrF2NO3. The van der Waals surface area contributed by atoms with Gasteiger partial charge >= 0.3 is 6.61 Å². The second kappa shape index (κ2) is 10.0. The number of benzene rings is 2. The summed E-state index contributed by atoms with van der Waals surface area (Å²) >= 11 is 3.30. The third-order valence-electron chi connectivity index (χ3n) is 3.63. The lowest BCUT2D eigenvalue weighted by molar-refractivity contribution is -0.121. The SMILES string of the molecule is O=C(CCC(=O)c1ccc(Br)cc1)NCCc1ccc(OC(F)F)cc1. The van der Waals surface area contributed by atoms with Crippen LogP contribution in [0.1, 0.15) is 28.8 Å². The third-order valence-corrected chi connectivity index (χ3v) is 4.16. The van der Waals surface area contributed by atoms with Gasteiger partial charge in [0.2, 0.25) is 5.91 Å². The summed E-state index contributed by atoms with van der Waals surface area (Å²) in [5, 5.41) is 2.74. The van der Waals surface area contributed by atoms with E-state index in [0.717, 1.165) is 10.0 Å². The summed E-state index contributed by atoms with van der Waals surface area (Å²) in [5.41, 5.74) is 1.46. The Hall–Kier alpha value is -2.28. The second-order valence-corrected chi connectivity index (χ2v) is 6.47. The molecule has 0 unspecified atom stereocenters. The van der Waals surface area contributed by atoms with Crippen molar-refractivity contribution in [1.29, 1.82) is 0 Å². The molecule has 2 rings (SSSR count). The monoisotopic (exact) mass is 425 g/mol. The van der Waals surface area contributed by atoms with Gasteiger partial charge in [-0.1, -0.05) is 40.2 Å². The first-order valence-corrected chi connectivity index (χ1v) is 8.82. The molecule has 0 spiro atoms. The molecule has 0 saturated heterocycles. The molecular weight excluding hydrogens is 408 g/mol. The normalized spacial score (nSPS) is 10.6. The van der Waals surface area contributed by atoms with Crippen molar-refractivity contribution in [3.63, 3.8) is 0 Å². The van der Waals surface area contributed by atoms with E-state index in [0.29, 0.717) is 18.5 Å². The van der Waals surface area contributed by atoms with E-state index in [1.165, 1.54) is 12.1 Å². The summed E-state index contributed by atoms with van der Waals surface area (Å²) in [5.74, 6) is -0.186. The zero-order valence-electron chi connectivity index (χ0n) is 13.9.